The molecule has 0 saturated carbocycles. The first kappa shape index (κ1) is 16.5. The quantitative estimate of drug-likeness (QED) is 0.488. The Kier molecular flexibility index (Phi) is 4.67. The normalized spacial score (nSPS) is 11.6. The Hall–Kier alpha value is -2.85. The zero-order valence-electron chi connectivity index (χ0n) is 11.5. The molecule has 2 aromatic rings. The maximum absolute atomic E-state index is 13.0. The number of nitrogens with two attached hydrogens (primary N) is 1. The lowest BCUT2D eigenvalue weighted by atomic mass is 10.2. The van der Waals surface area contributed by atoms with Crippen LogP contribution in [0.2, 0.25) is 0 Å². The van der Waals surface area contributed by atoms with Crippen molar-refractivity contribution in [2.75, 3.05) is 5.43 Å². The number of rotatable bonds is 5. The molecule has 0 unspecified atom stereocenters. The van der Waals surface area contributed by atoms with Crippen molar-refractivity contribution in [2.45, 2.75) is 4.90 Å². The summed E-state index contributed by atoms with van der Waals surface area (Å²) in [4.78, 5) is 9.85. The van der Waals surface area contributed by atoms with Gasteiger partial charge in [0.05, 0.1) is 16.0 Å². The molecule has 0 amide bonds. The van der Waals surface area contributed by atoms with E-state index in [-0.39, 0.29) is 10.6 Å². The standard InChI is InChI=1S/C13H11FN4O4S/c14-10-3-1-2-9(6-10)8-16-17-12-5-4-11(23(15,21)22)7-13(12)18(19)20/h1-8,17H,(H2,15,21,22)/b16-8-. The Morgan fingerprint density at radius 1 is 1.26 bits per heavy atom. The van der Waals surface area contributed by atoms with E-state index in [4.69, 9.17) is 5.14 Å². The van der Waals surface area contributed by atoms with Crippen molar-refractivity contribution in [3.63, 3.8) is 0 Å². The summed E-state index contributed by atoms with van der Waals surface area (Å²) in [5.41, 5.74) is 2.32. The van der Waals surface area contributed by atoms with Crippen molar-refractivity contribution in [1.29, 1.82) is 0 Å². The van der Waals surface area contributed by atoms with Gasteiger partial charge >= 0.3 is 0 Å². The van der Waals surface area contributed by atoms with Crippen LogP contribution in [0, 0.1) is 15.9 Å². The smallest absolute Gasteiger partial charge is 0.272 e. The molecule has 0 heterocycles. The summed E-state index contributed by atoms with van der Waals surface area (Å²) in [6.07, 6.45) is 1.26. The van der Waals surface area contributed by atoms with Crippen LogP contribution in [-0.2, 0) is 10.0 Å². The molecule has 0 fully saturated rings. The van der Waals surface area contributed by atoms with Gasteiger partial charge in [0, 0.05) is 6.07 Å². The molecule has 0 spiro atoms. The fourth-order valence-corrected chi connectivity index (χ4v) is 2.23. The number of hydrogen-bond acceptors (Lipinski definition) is 6. The van der Waals surface area contributed by atoms with Gasteiger partial charge in [0.15, 0.2) is 0 Å². The number of hydrazone groups is 1. The molecule has 0 radical (unpaired) electrons. The fraction of sp³-hybridized carbons (Fsp3) is 0. The summed E-state index contributed by atoms with van der Waals surface area (Å²) >= 11 is 0. The third-order valence-electron chi connectivity index (χ3n) is 2.74. The molecular formula is C13H11FN4O4S. The van der Waals surface area contributed by atoms with Crippen molar-refractivity contribution in [1.82, 2.24) is 0 Å². The first-order valence-corrected chi connectivity index (χ1v) is 7.68. The van der Waals surface area contributed by atoms with E-state index >= 15 is 0 Å². The van der Waals surface area contributed by atoms with Crippen LogP contribution >= 0.6 is 0 Å². The van der Waals surface area contributed by atoms with Gasteiger partial charge in [-0.1, -0.05) is 12.1 Å². The number of nitro benzene ring substituents is 1. The van der Waals surface area contributed by atoms with E-state index in [0.717, 1.165) is 12.1 Å². The Bertz CT molecular complexity index is 883. The third kappa shape index (κ3) is 4.31. The summed E-state index contributed by atoms with van der Waals surface area (Å²) in [5.74, 6) is -0.447. The molecule has 2 aromatic carbocycles. The molecule has 0 aromatic heterocycles. The number of halogens is 1. The molecule has 120 valence electrons. The number of nitrogens with zero attached hydrogens (tertiary/aromatic N) is 2. The number of nitro groups is 1. The molecule has 3 N–H and O–H groups in total. The van der Waals surface area contributed by atoms with Crippen LogP contribution in [0.1, 0.15) is 5.56 Å². The molecule has 23 heavy (non-hydrogen) atoms. The monoisotopic (exact) mass is 338 g/mol. The first-order valence-electron chi connectivity index (χ1n) is 6.13. The Morgan fingerprint density at radius 3 is 2.61 bits per heavy atom. The summed E-state index contributed by atoms with van der Waals surface area (Å²) in [5, 5.41) is 19.7. The number of anilines is 1. The van der Waals surface area contributed by atoms with Gasteiger partial charge in [-0.25, -0.2) is 17.9 Å². The highest BCUT2D eigenvalue weighted by atomic mass is 32.2. The van der Waals surface area contributed by atoms with Crippen LogP contribution in [0.15, 0.2) is 52.5 Å². The van der Waals surface area contributed by atoms with E-state index in [1.54, 1.807) is 6.07 Å². The van der Waals surface area contributed by atoms with Crippen molar-refractivity contribution < 1.29 is 17.7 Å². The van der Waals surface area contributed by atoms with Gasteiger partial charge in [-0.15, -0.1) is 0 Å². The lowest BCUT2D eigenvalue weighted by Gasteiger charge is -2.04. The van der Waals surface area contributed by atoms with Crippen LogP contribution < -0.4 is 10.6 Å². The molecule has 0 atom stereocenters. The van der Waals surface area contributed by atoms with Crippen LogP contribution in [-0.4, -0.2) is 19.6 Å². The second-order valence-electron chi connectivity index (χ2n) is 4.41. The molecule has 8 nitrogen and oxygen atoms in total. The Labute approximate surface area is 130 Å². The van der Waals surface area contributed by atoms with Gasteiger partial charge in [-0.2, -0.15) is 5.10 Å². The fourth-order valence-electron chi connectivity index (χ4n) is 1.70. The lowest BCUT2D eigenvalue weighted by Crippen LogP contribution is -2.12. The van der Waals surface area contributed by atoms with Crippen molar-refractivity contribution in [2.24, 2.45) is 10.2 Å². The zero-order valence-corrected chi connectivity index (χ0v) is 12.3. The SMILES string of the molecule is NS(=O)(=O)c1ccc(N/N=C\c2cccc(F)c2)c([N+](=O)[O-])c1. The van der Waals surface area contributed by atoms with E-state index in [1.165, 1.54) is 30.5 Å². The van der Waals surface area contributed by atoms with Crippen molar-refractivity contribution >= 4 is 27.6 Å². The minimum atomic E-state index is -4.06. The minimum Gasteiger partial charge on any atom is -0.272 e. The van der Waals surface area contributed by atoms with Gasteiger partial charge in [0.2, 0.25) is 10.0 Å². The van der Waals surface area contributed by atoms with E-state index in [2.05, 4.69) is 10.5 Å². The molecule has 0 aliphatic heterocycles. The molecule has 0 bridgehead atoms. The second kappa shape index (κ2) is 6.50. The van der Waals surface area contributed by atoms with E-state index < -0.39 is 26.5 Å². The molecule has 0 aliphatic carbocycles. The molecule has 10 heteroatoms. The maximum atomic E-state index is 13.0. The van der Waals surface area contributed by atoms with Crippen LogP contribution in [0.5, 0.6) is 0 Å². The predicted octanol–water partition coefficient (Wildman–Crippen LogP) is 1.83. The summed E-state index contributed by atoms with van der Waals surface area (Å²) < 4.78 is 35.4. The number of sulfonamides is 1. The average molecular weight is 338 g/mol. The van der Waals surface area contributed by atoms with E-state index in [9.17, 15) is 22.9 Å². The summed E-state index contributed by atoms with van der Waals surface area (Å²) in [7, 11) is -4.06. The van der Waals surface area contributed by atoms with Crippen LogP contribution in [0.4, 0.5) is 15.8 Å². The number of nitrogens with one attached hydrogen (secondary N) is 1. The van der Waals surface area contributed by atoms with Gasteiger partial charge < -0.3 is 0 Å². The van der Waals surface area contributed by atoms with E-state index in [0.29, 0.717) is 5.56 Å². The maximum Gasteiger partial charge on any atom is 0.295 e. The molecule has 0 saturated heterocycles. The number of hydrogen-bond donors (Lipinski definition) is 2. The van der Waals surface area contributed by atoms with Crippen LogP contribution in [0.3, 0.4) is 0 Å². The Morgan fingerprint density at radius 2 is 2.00 bits per heavy atom. The lowest BCUT2D eigenvalue weighted by molar-refractivity contribution is -0.384. The highest BCUT2D eigenvalue weighted by Gasteiger charge is 2.18. The third-order valence-corrected chi connectivity index (χ3v) is 3.65. The summed E-state index contributed by atoms with van der Waals surface area (Å²) in [6, 6.07) is 8.68. The average Bonchev–Trinajstić information content (AvgIpc) is 2.46. The Balaban J connectivity index is 2.27. The van der Waals surface area contributed by atoms with Gasteiger partial charge in [0.25, 0.3) is 5.69 Å². The van der Waals surface area contributed by atoms with Gasteiger partial charge in [0.1, 0.15) is 11.5 Å². The molecular weight excluding hydrogens is 327 g/mol. The van der Waals surface area contributed by atoms with Gasteiger partial charge in [-0.3, -0.25) is 15.5 Å². The summed E-state index contributed by atoms with van der Waals surface area (Å²) in [6.45, 7) is 0. The first-order chi connectivity index (χ1) is 10.8. The topological polar surface area (TPSA) is 128 Å². The highest BCUT2D eigenvalue weighted by Crippen LogP contribution is 2.27. The second-order valence-corrected chi connectivity index (χ2v) is 5.97. The number of benzene rings is 2. The van der Waals surface area contributed by atoms with Crippen molar-refractivity contribution in [3.8, 4) is 0 Å². The molecule has 2 rings (SSSR count). The van der Waals surface area contributed by atoms with Crippen molar-refractivity contribution in [3.05, 3.63) is 64.0 Å². The minimum absolute atomic E-state index is 0.0324. The molecule has 0 aliphatic rings. The zero-order chi connectivity index (χ0) is 17.0. The van der Waals surface area contributed by atoms with Gasteiger partial charge in [-0.05, 0) is 29.8 Å². The van der Waals surface area contributed by atoms with E-state index in [1.807, 2.05) is 0 Å². The number of primary sulfonamides is 1. The predicted molar refractivity (Wildman–Crippen MR) is 82.1 cm³/mol. The highest BCUT2D eigenvalue weighted by molar-refractivity contribution is 7.89. The van der Waals surface area contributed by atoms with Crippen LogP contribution in [0.25, 0.3) is 0 Å². The largest absolute Gasteiger partial charge is 0.295 e.